The number of methoxy groups -OCH3 is 1. The monoisotopic (exact) mass is 406 g/mol. The SMILES string of the molecule is COc1ccc(C(Nc2ncnc3c2N=C[N]3)(c2ccccc2)c2ccccc2)cc1. The van der Waals surface area contributed by atoms with Gasteiger partial charge in [0, 0.05) is 0 Å². The van der Waals surface area contributed by atoms with Crippen LogP contribution in [0.15, 0.2) is 96.2 Å². The van der Waals surface area contributed by atoms with Gasteiger partial charge in [0.2, 0.25) is 0 Å². The number of rotatable bonds is 6. The minimum Gasteiger partial charge on any atom is -0.497 e. The Hall–Kier alpha value is -4.19. The van der Waals surface area contributed by atoms with E-state index >= 15 is 0 Å². The topological polar surface area (TPSA) is 73.5 Å². The number of hydrogen-bond acceptors (Lipinski definition) is 5. The first kappa shape index (κ1) is 18.8. The van der Waals surface area contributed by atoms with E-state index in [0.717, 1.165) is 22.4 Å². The lowest BCUT2D eigenvalue weighted by atomic mass is 9.77. The molecule has 0 spiro atoms. The van der Waals surface area contributed by atoms with Gasteiger partial charge in [-0.05, 0) is 28.8 Å². The van der Waals surface area contributed by atoms with E-state index in [4.69, 9.17) is 4.74 Å². The average molecular weight is 406 g/mol. The number of nitrogens with zero attached hydrogens (tertiary/aromatic N) is 4. The Bertz CT molecular complexity index is 1170. The summed E-state index contributed by atoms with van der Waals surface area (Å²) < 4.78 is 5.40. The summed E-state index contributed by atoms with van der Waals surface area (Å²) in [5.41, 5.74) is 3.08. The van der Waals surface area contributed by atoms with E-state index in [-0.39, 0.29) is 0 Å². The van der Waals surface area contributed by atoms with Gasteiger partial charge < -0.3 is 10.1 Å². The molecule has 1 N–H and O–H groups in total. The Balaban J connectivity index is 1.78. The number of hydrogen-bond donors (Lipinski definition) is 1. The maximum atomic E-state index is 5.40. The summed E-state index contributed by atoms with van der Waals surface area (Å²) in [6.45, 7) is 0. The molecule has 0 unspecified atom stereocenters. The molecule has 0 saturated heterocycles. The van der Waals surface area contributed by atoms with Crippen LogP contribution in [-0.4, -0.2) is 23.4 Å². The van der Waals surface area contributed by atoms with Gasteiger partial charge in [-0.25, -0.2) is 20.3 Å². The van der Waals surface area contributed by atoms with Crippen molar-refractivity contribution in [1.29, 1.82) is 0 Å². The lowest BCUT2D eigenvalue weighted by Gasteiger charge is -2.37. The van der Waals surface area contributed by atoms with Crippen molar-refractivity contribution in [1.82, 2.24) is 15.3 Å². The highest BCUT2D eigenvalue weighted by Gasteiger charge is 2.38. The van der Waals surface area contributed by atoms with Gasteiger partial charge >= 0.3 is 0 Å². The summed E-state index contributed by atoms with van der Waals surface area (Å²) in [4.78, 5) is 13.1. The van der Waals surface area contributed by atoms with Crippen LogP contribution in [0.3, 0.4) is 0 Å². The zero-order valence-electron chi connectivity index (χ0n) is 16.9. The molecule has 0 aliphatic carbocycles. The van der Waals surface area contributed by atoms with Crippen molar-refractivity contribution >= 4 is 23.7 Å². The molecule has 6 heteroatoms. The number of anilines is 1. The average Bonchev–Trinajstić information content (AvgIpc) is 3.34. The summed E-state index contributed by atoms with van der Waals surface area (Å²) in [5, 5.41) is 7.95. The standard InChI is InChI=1S/C25H20N5O/c1-31-21-14-12-20(13-15-21)25(18-8-4-2-5-9-18,19-10-6-3-7-11-19)30-24-22-23(27-16-26-22)28-17-29-24/h2-17H,1H3,(H,28,29,30). The van der Waals surface area contributed by atoms with Gasteiger partial charge in [0.15, 0.2) is 17.3 Å². The smallest absolute Gasteiger partial charge is 0.185 e. The van der Waals surface area contributed by atoms with Crippen molar-refractivity contribution in [2.75, 3.05) is 12.4 Å². The summed E-state index contributed by atoms with van der Waals surface area (Å²) >= 11 is 0. The molecule has 0 saturated carbocycles. The summed E-state index contributed by atoms with van der Waals surface area (Å²) in [7, 11) is 1.67. The molecule has 4 aromatic rings. The third-order valence-corrected chi connectivity index (χ3v) is 5.41. The number of nitrogens with one attached hydrogen (secondary N) is 1. The fraction of sp³-hybridized carbons (Fsp3) is 0.0800. The molecule has 5 rings (SSSR count). The molecule has 31 heavy (non-hydrogen) atoms. The van der Waals surface area contributed by atoms with Gasteiger partial charge in [-0.2, -0.15) is 0 Å². The third kappa shape index (κ3) is 3.28. The Labute approximate surface area is 180 Å². The quantitative estimate of drug-likeness (QED) is 0.467. The van der Waals surface area contributed by atoms with Gasteiger partial charge in [0.1, 0.15) is 24.0 Å². The van der Waals surface area contributed by atoms with Gasteiger partial charge in [-0.3, -0.25) is 0 Å². The van der Waals surface area contributed by atoms with Gasteiger partial charge in [0.25, 0.3) is 0 Å². The Morgan fingerprint density at radius 2 is 1.35 bits per heavy atom. The first-order chi connectivity index (χ1) is 15.3. The van der Waals surface area contributed by atoms with E-state index in [1.54, 1.807) is 7.11 Å². The van der Waals surface area contributed by atoms with E-state index in [0.29, 0.717) is 17.3 Å². The van der Waals surface area contributed by atoms with Crippen LogP contribution in [0.1, 0.15) is 16.7 Å². The molecule has 1 aliphatic heterocycles. The fourth-order valence-electron chi connectivity index (χ4n) is 3.93. The fourth-order valence-corrected chi connectivity index (χ4v) is 3.93. The number of fused-ring (bicyclic) bond motifs is 1. The van der Waals surface area contributed by atoms with Gasteiger partial charge in [-0.15, -0.1) is 0 Å². The van der Waals surface area contributed by atoms with Crippen molar-refractivity contribution in [3.63, 3.8) is 0 Å². The third-order valence-electron chi connectivity index (χ3n) is 5.41. The largest absolute Gasteiger partial charge is 0.497 e. The molecule has 1 aliphatic rings. The number of aromatic nitrogens is 2. The Kier molecular flexibility index (Phi) is 4.80. The van der Waals surface area contributed by atoms with Crippen molar-refractivity contribution in [2.24, 2.45) is 4.99 Å². The second kappa shape index (κ2) is 7.91. The predicted molar refractivity (Wildman–Crippen MR) is 121 cm³/mol. The lowest BCUT2D eigenvalue weighted by molar-refractivity contribution is 0.414. The van der Waals surface area contributed by atoms with E-state index in [1.807, 2.05) is 48.5 Å². The minimum absolute atomic E-state index is 0.558. The van der Waals surface area contributed by atoms with Gasteiger partial charge in [0.05, 0.1) is 7.11 Å². The predicted octanol–water partition coefficient (Wildman–Crippen LogP) is 4.80. The highest BCUT2D eigenvalue weighted by Crippen LogP contribution is 2.43. The molecule has 3 aromatic carbocycles. The lowest BCUT2D eigenvalue weighted by Crippen LogP contribution is -2.38. The molecule has 151 valence electrons. The van der Waals surface area contributed by atoms with Crippen LogP contribution in [0.25, 0.3) is 0 Å². The van der Waals surface area contributed by atoms with Crippen LogP contribution in [0.5, 0.6) is 5.75 Å². The van der Waals surface area contributed by atoms with Crippen LogP contribution in [-0.2, 0) is 5.54 Å². The zero-order valence-corrected chi connectivity index (χ0v) is 16.9. The molecule has 0 amide bonds. The molecule has 0 bridgehead atoms. The highest BCUT2D eigenvalue weighted by atomic mass is 16.5. The van der Waals surface area contributed by atoms with Crippen LogP contribution in [0, 0.1) is 0 Å². The minimum atomic E-state index is -0.727. The van der Waals surface area contributed by atoms with E-state index < -0.39 is 5.54 Å². The summed E-state index contributed by atoms with van der Waals surface area (Å²) in [6, 6.07) is 28.7. The highest BCUT2D eigenvalue weighted by molar-refractivity contribution is 5.86. The maximum Gasteiger partial charge on any atom is 0.185 e. The molecular formula is C25H20N5O. The maximum absolute atomic E-state index is 5.40. The normalized spacial score (nSPS) is 12.2. The van der Waals surface area contributed by atoms with Crippen molar-refractivity contribution in [2.45, 2.75) is 5.54 Å². The van der Waals surface area contributed by atoms with Crippen LogP contribution in [0.4, 0.5) is 17.3 Å². The molecule has 0 atom stereocenters. The van der Waals surface area contributed by atoms with Crippen molar-refractivity contribution in [3.8, 4) is 5.75 Å². The molecular weight excluding hydrogens is 386 g/mol. The first-order valence-electron chi connectivity index (χ1n) is 9.93. The number of aliphatic imine (C=N–C) groups is 1. The van der Waals surface area contributed by atoms with Crippen LogP contribution < -0.4 is 15.4 Å². The van der Waals surface area contributed by atoms with Gasteiger partial charge in [-0.1, -0.05) is 72.8 Å². The molecule has 2 heterocycles. The second-order valence-electron chi connectivity index (χ2n) is 7.10. The summed E-state index contributed by atoms with van der Waals surface area (Å²) in [5.74, 6) is 1.97. The van der Waals surface area contributed by atoms with Crippen LogP contribution >= 0.6 is 0 Å². The summed E-state index contributed by atoms with van der Waals surface area (Å²) in [6.07, 6.45) is 3.01. The number of benzene rings is 3. The van der Waals surface area contributed by atoms with Crippen LogP contribution in [0.2, 0.25) is 0 Å². The van der Waals surface area contributed by atoms with Crippen molar-refractivity contribution < 1.29 is 4.74 Å². The molecule has 0 fully saturated rings. The van der Waals surface area contributed by atoms with E-state index in [9.17, 15) is 0 Å². The molecule has 1 radical (unpaired) electrons. The Morgan fingerprint density at radius 3 is 1.97 bits per heavy atom. The first-order valence-corrected chi connectivity index (χ1v) is 9.93. The van der Waals surface area contributed by atoms with E-state index in [1.165, 1.54) is 12.7 Å². The molecule has 1 aromatic heterocycles. The Morgan fingerprint density at radius 1 is 0.742 bits per heavy atom. The van der Waals surface area contributed by atoms with E-state index in [2.05, 4.69) is 62.0 Å². The second-order valence-corrected chi connectivity index (χ2v) is 7.10. The van der Waals surface area contributed by atoms with Crippen molar-refractivity contribution in [3.05, 3.63) is 108 Å². The number of ether oxygens (including phenoxy) is 1. The molecule has 6 nitrogen and oxygen atoms in total. The zero-order chi connectivity index (χ0) is 21.1.